The molecule has 0 radical (unpaired) electrons. The van der Waals surface area contributed by atoms with Gasteiger partial charge >= 0.3 is 0 Å². The Labute approximate surface area is 206 Å². The predicted octanol–water partition coefficient (Wildman–Crippen LogP) is 5.38. The largest absolute Gasteiger partial charge is 0.396 e. The van der Waals surface area contributed by atoms with E-state index in [9.17, 15) is 0 Å². The molecule has 0 aliphatic carbocycles. The second-order valence-electron chi connectivity index (χ2n) is 9.25. The molecule has 0 saturated carbocycles. The first-order chi connectivity index (χ1) is 15.6. The monoisotopic (exact) mass is 496 g/mol. The highest BCUT2D eigenvalue weighted by atomic mass is 35.5. The molecule has 176 valence electrons. The SMILES string of the molecule is OCCCOCC1CCN(CC2CN(Cc3ccc(Cl)cc3Cl)CC2c2ccsc2)CC1. The van der Waals surface area contributed by atoms with Crippen LogP contribution in [0.1, 0.15) is 36.3 Å². The lowest BCUT2D eigenvalue weighted by molar-refractivity contribution is 0.0560. The Morgan fingerprint density at radius 1 is 1.09 bits per heavy atom. The smallest absolute Gasteiger partial charge is 0.0495 e. The van der Waals surface area contributed by atoms with E-state index in [1.165, 1.54) is 18.4 Å². The van der Waals surface area contributed by atoms with Crippen LogP contribution in [0, 0.1) is 11.8 Å². The summed E-state index contributed by atoms with van der Waals surface area (Å²) < 4.78 is 5.73. The Hall–Kier alpha value is -0.660. The second-order valence-corrected chi connectivity index (χ2v) is 10.9. The number of rotatable bonds is 10. The van der Waals surface area contributed by atoms with Crippen LogP contribution in [0.15, 0.2) is 35.0 Å². The molecule has 4 nitrogen and oxygen atoms in total. The van der Waals surface area contributed by atoms with Crippen molar-refractivity contribution >= 4 is 34.5 Å². The Balaban J connectivity index is 1.32. The molecule has 2 atom stereocenters. The summed E-state index contributed by atoms with van der Waals surface area (Å²) >= 11 is 14.3. The Morgan fingerprint density at radius 2 is 1.94 bits per heavy atom. The summed E-state index contributed by atoms with van der Waals surface area (Å²) in [5.41, 5.74) is 2.64. The quantitative estimate of drug-likeness (QED) is 0.447. The Kier molecular flexibility index (Phi) is 9.30. The summed E-state index contributed by atoms with van der Waals surface area (Å²) in [6, 6.07) is 8.15. The van der Waals surface area contributed by atoms with Gasteiger partial charge in [-0.3, -0.25) is 4.90 Å². The van der Waals surface area contributed by atoms with Gasteiger partial charge in [-0.2, -0.15) is 11.3 Å². The average Bonchev–Trinajstić information content (AvgIpc) is 3.44. The maximum Gasteiger partial charge on any atom is 0.0495 e. The number of aliphatic hydroxyl groups excluding tert-OH is 1. The van der Waals surface area contributed by atoms with Gasteiger partial charge in [-0.1, -0.05) is 29.3 Å². The average molecular weight is 498 g/mol. The molecule has 2 saturated heterocycles. The van der Waals surface area contributed by atoms with Gasteiger partial charge in [0.05, 0.1) is 0 Å². The molecule has 0 spiro atoms. The number of nitrogens with zero attached hydrogens (tertiary/aromatic N) is 2. The van der Waals surface area contributed by atoms with E-state index in [-0.39, 0.29) is 6.61 Å². The highest BCUT2D eigenvalue weighted by molar-refractivity contribution is 7.08. The van der Waals surface area contributed by atoms with Gasteiger partial charge in [-0.15, -0.1) is 0 Å². The zero-order chi connectivity index (χ0) is 22.3. The van der Waals surface area contributed by atoms with E-state index in [4.69, 9.17) is 33.0 Å². The second kappa shape index (κ2) is 12.2. The molecule has 2 aliphatic rings. The minimum absolute atomic E-state index is 0.215. The van der Waals surface area contributed by atoms with E-state index in [2.05, 4.69) is 32.7 Å². The third kappa shape index (κ3) is 6.69. The number of likely N-dealkylation sites (tertiary alicyclic amines) is 2. The fourth-order valence-electron chi connectivity index (χ4n) is 5.11. The van der Waals surface area contributed by atoms with Crippen LogP contribution in [0.2, 0.25) is 10.0 Å². The van der Waals surface area contributed by atoms with Crippen molar-refractivity contribution in [3.8, 4) is 0 Å². The maximum atomic E-state index is 8.89. The van der Waals surface area contributed by atoms with E-state index in [0.29, 0.717) is 29.4 Å². The molecule has 2 aromatic rings. The third-order valence-electron chi connectivity index (χ3n) is 6.90. The lowest BCUT2D eigenvalue weighted by atomic mass is 9.89. The summed E-state index contributed by atoms with van der Waals surface area (Å²) in [5, 5.41) is 14.9. The molecule has 0 amide bonds. The van der Waals surface area contributed by atoms with Crippen LogP contribution in [0.25, 0.3) is 0 Å². The number of benzene rings is 1. The van der Waals surface area contributed by atoms with Crippen molar-refractivity contribution in [1.29, 1.82) is 0 Å². The molecular weight excluding hydrogens is 463 g/mol. The van der Waals surface area contributed by atoms with Crippen molar-refractivity contribution in [2.75, 3.05) is 52.5 Å². The predicted molar refractivity (Wildman–Crippen MR) is 134 cm³/mol. The van der Waals surface area contributed by atoms with Crippen molar-refractivity contribution in [1.82, 2.24) is 9.80 Å². The minimum atomic E-state index is 0.215. The zero-order valence-corrected chi connectivity index (χ0v) is 20.9. The van der Waals surface area contributed by atoms with Gasteiger partial charge in [0.2, 0.25) is 0 Å². The summed E-state index contributed by atoms with van der Waals surface area (Å²) in [7, 11) is 0. The van der Waals surface area contributed by atoms with Crippen LogP contribution >= 0.6 is 34.5 Å². The lowest BCUT2D eigenvalue weighted by Gasteiger charge is -2.34. The fraction of sp³-hybridized carbons (Fsp3) is 0.600. The number of thiophene rings is 1. The number of ether oxygens (including phenoxy) is 1. The molecule has 1 N–H and O–H groups in total. The number of piperidine rings is 1. The van der Waals surface area contributed by atoms with Crippen molar-refractivity contribution in [2.24, 2.45) is 11.8 Å². The van der Waals surface area contributed by atoms with Crippen molar-refractivity contribution < 1.29 is 9.84 Å². The highest BCUT2D eigenvalue weighted by Crippen LogP contribution is 2.36. The van der Waals surface area contributed by atoms with Crippen LogP contribution in [0.3, 0.4) is 0 Å². The van der Waals surface area contributed by atoms with Gasteiger partial charge in [-0.05, 0) is 84.3 Å². The Morgan fingerprint density at radius 3 is 2.66 bits per heavy atom. The van der Waals surface area contributed by atoms with Crippen molar-refractivity contribution in [2.45, 2.75) is 31.7 Å². The summed E-state index contributed by atoms with van der Waals surface area (Å²) in [6.45, 7) is 8.25. The number of halogens is 2. The van der Waals surface area contributed by atoms with Gasteiger partial charge in [0, 0.05) is 62.0 Å². The fourth-order valence-corrected chi connectivity index (χ4v) is 6.31. The first kappa shape index (κ1) is 24.5. The highest BCUT2D eigenvalue weighted by Gasteiger charge is 2.35. The number of hydrogen-bond donors (Lipinski definition) is 1. The Bertz CT molecular complexity index is 827. The van der Waals surface area contributed by atoms with Gasteiger partial charge in [0.1, 0.15) is 0 Å². The molecule has 3 heterocycles. The molecule has 4 rings (SSSR count). The van der Waals surface area contributed by atoms with Crippen LogP contribution < -0.4 is 0 Å². The zero-order valence-electron chi connectivity index (χ0n) is 18.6. The van der Waals surface area contributed by atoms with E-state index in [1.807, 2.05) is 12.1 Å². The molecule has 2 unspecified atom stereocenters. The molecule has 2 aliphatic heterocycles. The van der Waals surface area contributed by atoms with Gasteiger partial charge < -0.3 is 14.7 Å². The van der Waals surface area contributed by atoms with Crippen LogP contribution in [0.5, 0.6) is 0 Å². The standard InChI is InChI=1S/C25H34Cl2N2O2S/c26-23-3-2-20(25(27)12-23)13-29-15-22(24(16-29)21-6-11-32-18-21)14-28-7-4-19(5-8-28)17-31-10-1-9-30/h2-3,6,11-12,18-19,22,24,30H,1,4-5,7-10,13-17H2. The van der Waals surface area contributed by atoms with Crippen LogP contribution in [-0.2, 0) is 11.3 Å². The number of hydrogen-bond acceptors (Lipinski definition) is 5. The van der Waals surface area contributed by atoms with Crippen LogP contribution in [-0.4, -0.2) is 67.5 Å². The lowest BCUT2D eigenvalue weighted by Crippen LogP contribution is -2.39. The molecule has 1 aromatic heterocycles. The molecule has 32 heavy (non-hydrogen) atoms. The first-order valence-electron chi connectivity index (χ1n) is 11.7. The molecule has 1 aromatic carbocycles. The molecular formula is C25H34Cl2N2O2S. The van der Waals surface area contributed by atoms with Crippen molar-refractivity contribution in [3.05, 3.63) is 56.2 Å². The maximum absolute atomic E-state index is 8.89. The van der Waals surface area contributed by atoms with E-state index < -0.39 is 0 Å². The third-order valence-corrected chi connectivity index (χ3v) is 8.19. The minimum Gasteiger partial charge on any atom is -0.396 e. The molecule has 0 bridgehead atoms. The van der Waals surface area contributed by atoms with Gasteiger partial charge in [0.15, 0.2) is 0 Å². The van der Waals surface area contributed by atoms with Crippen LogP contribution in [0.4, 0.5) is 0 Å². The summed E-state index contributed by atoms with van der Waals surface area (Å²) in [5.74, 6) is 1.87. The normalized spacial score (nSPS) is 23.2. The van der Waals surface area contributed by atoms with Gasteiger partial charge in [-0.25, -0.2) is 0 Å². The first-order valence-corrected chi connectivity index (χ1v) is 13.4. The number of aliphatic hydroxyl groups is 1. The summed E-state index contributed by atoms with van der Waals surface area (Å²) in [4.78, 5) is 5.22. The topological polar surface area (TPSA) is 35.9 Å². The molecule has 7 heteroatoms. The van der Waals surface area contributed by atoms with E-state index in [1.54, 1.807) is 11.3 Å². The van der Waals surface area contributed by atoms with Crippen molar-refractivity contribution in [3.63, 3.8) is 0 Å². The van der Waals surface area contributed by atoms with Gasteiger partial charge in [0.25, 0.3) is 0 Å². The molecule has 2 fully saturated rings. The van der Waals surface area contributed by atoms with E-state index in [0.717, 1.165) is 62.9 Å². The van der Waals surface area contributed by atoms with E-state index >= 15 is 0 Å². The summed E-state index contributed by atoms with van der Waals surface area (Å²) in [6.07, 6.45) is 3.15.